The molecule has 0 atom stereocenters. The van der Waals surface area contributed by atoms with Gasteiger partial charge in [-0.15, -0.1) is 0 Å². The van der Waals surface area contributed by atoms with Crippen molar-refractivity contribution in [1.82, 2.24) is 4.90 Å². The second kappa shape index (κ2) is 5.41. The fourth-order valence-electron chi connectivity index (χ4n) is 2.36. The SMILES string of the molecule is O=C1c2cccc([N+](=O)[O-])c2C(=O)N1CNc1ccc(O)cc1. The number of amides is 2. The third-order valence-electron chi connectivity index (χ3n) is 3.48. The Hall–Kier alpha value is -3.42. The second-order valence-electron chi connectivity index (χ2n) is 4.88. The van der Waals surface area contributed by atoms with Crippen LogP contribution in [0.3, 0.4) is 0 Å². The molecule has 3 rings (SSSR count). The topological polar surface area (TPSA) is 113 Å². The number of phenolic OH excluding ortho intramolecular Hbond substituents is 1. The summed E-state index contributed by atoms with van der Waals surface area (Å²) >= 11 is 0. The molecular weight excluding hydrogens is 302 g/mol. The number of anilines is 1. The fraction of sp³-hybridized carbons (Fsp3) is 0.0667. The van der Waals surface area contributed by atoms with Crippen LogP contribution >= 0.6 is 0 Å². The summed E-state index contributed by atoms with van der Waals surface area (Å²) in [7, 11) is 0. The molecule has 0 saturated carbocycles. The Morgan fingerprint density at radius 1 is 1.09 bits per heavy atom. The van der Waals surface area contributed by atoms with Crippen LogP contribution in [0.15, 0.2) is 42.5 Å². The van der Waals surface area contributed by atoms with Crippen LogP contribution in [-0.4, -0.2) is 33.4 Å². The second-order valence-corrected chi connectivity index (χ2v) is 4.88. The number of rotatable bonds is 4. The molecule has 2 aromatic carbocycles. The van der Waals surface area contributed by atoms with Crippen LogP contribution in [0, 0.1) is 10.1 Å². The van der Waals surface area contributed by atoms with Gasteiger partial charge in [-0.3, -0.25) is 24.6 Å². The average Bonchev–Trinajstić information content (AvgIpc) is 2.78. The Morgan fingerprint density at radius 2 is 1.78 bits per heavy atom. The Bertz CT molecular complexity index is 816. The van der Waals surface area contributed by atoms with Crippen molar-refractivity contribution in [3.8, 4) is 5.75 Å². The molecule has 1 aliphatic rings. The minimum atomic E-state index is -0.705. The average molecular weight is 313 g/mol. The normalized spacial score (nSPS) is 13.1. The predicted octanol–water partition coefficient (Wildman–Crippen LogP) is 1.97. The number of benzene rings is 2. The van der Waals surface area contributed by atoms with Crippen molar-refractivity contribution in [2.75, 3.05) is 12.0 Å². The number of aromatic hydroxyl groups is 1. The van der Waals surface area contributed by atoms with E-state index >= 15 is 0 Å². The first-order valence-electron chi connectivity index (χ1n) is 6.65. The monoisotopic (exact) mass is 313 g/mol. The number of hydrogen-bond acceptors (Lipinski definition) is 6. The van der Waals surface area contributed by atoms with Crippen molar-refractivity contribution in [3.05, 3.63) is 63.7 Å². The van der Waals surface area contributed by atoms with E-state index in [0.29, 0.717) is 5.69 Å². The summed E-state index contributed by atoms with van der Waals surface area (Å²) in [5.74, 6) is -1.20. The van der Waals surface area contributed by atoms with Gasteiger partial charge in [0, 0.05) is 11.8 Å². The van der Waals surface area contributed by atoms with Crippen molar-refractivity contribution in [1.29, 1.82) is 0 Å². The van der Waals surface area contributed by atoms with Crippen molar-refractivity contribution < 1.29 is 19.6 Å². The molecule has 8 heteroatoms. The van der Waals surface area contributed by atoms with E-state index in [0.717, 1.165) is 4.90 Å². The number of nitrogens with one attached hydrogen (secondary N) is 1. The lowest BCUT2D eigenvalue weighted by atomic mass is 10.1. The number of nitrogens with zero attached hydrogens (tertiary/aromatic N) is 2. The third kappa shape index (κ3) is 2.46. The lowest BCUT2D eigenvalue weighted by Crippen LogP contribution is -2.34. The summed E-state index contributed by atoms with van der Waals surface area (Å²) in [5.41, 5.74) is 0.0496. The van der Waals surface area contributed by atoms with E-state index in [1.54, 1.807) is 12.1 Å². The molecule has 23 heavy (non-hydrogen) atoms. The van der Waals surface area contributed by atoms with E-state index in [1.807, 2.05) is 0 Å². The maximum Gasteiger partial charge on any atom is 0.282 e. The van der Waals surface area contributed by atoms with Gasteiger partial charge in [0.25, 0.3) is 17.5 Å². The smallest absolute Gasteiger partial charge is 0.282 e. The zero-order valence-corrected chi connectivity index (χ0v) is 11.7. The number of imide groups is 1. The molecule has 0 saturated heterocycles. The van der Waals surface area contributed by atoms with E-state index in [4.69, 9.17) is 0 Å². The first-order valence-corrected chi connectivity index (χ1v) is 6.65. The number of nitro benzene ring substituents is 1. The summed E-state index contributed by atoms with van der Waals surface area (Å²) < 4.78 is 0. The molecule has 2 N–H and O–H groups in total. The zero-order chi connectivity index (χ0) is 16.6. The molecular formula is C15H11N3O5. The van der Waals surface area contributed by atoms with E-state index in [1.165, 1.54) is 30.3 Å². The van der Waals surface area contributed by atoms with Crippen LogP contribution in [0.1, 0.15) is 20.7 Å². The third-order valence-corrected chi connectivity index (χ3v) is 3.48. The summed E-state index contributed by atoms with van der Waals surface area (Å²) in [6.45, 7) is -0.131. The van der Waals surface area contributed by atoms with Gasteiger partial charge in [-0.2, -0.15) is 0 Å². The molecule has 116 valence electrons. The van der Waals surface area contributed by atoms with Gasteiger partial charge in [-0.05, 0) is 30.3 Å². The standard InChI is InChI=1S/C15H11N3O5/c19-10-6-4-9(5-7-10)16-8-17-14(20)11-2-1-3-12(18(22)23)13(11)15(17)21/h1-7,16,19H,8H2. The molecule has 0 bridgehead atoms. The molecule has 8 nitrogen and oxygen atoms in total. The van der Waals surface area contributed by atoms with Crippen LogP contribution in [0.2, 0.25) is 0 Å². The van der Waals surface area contributed by atoms with Crippen LogP contribution in [-0.2, 0) is 0 Å². The maximum absolute atomic E-state index is 12.3. The highest BCUT2D eigenvalue weighted by Gasteiger charge is 2.40. The van der Waals surface area contributed by atoms with E-state index < -0.39 is 16.7 Å². The quantitative estimate of drug-likeness (QED) is 0.386. The molecule has 0 unspecified atom stereocenters. The van der Waals surface area contributed by atoms with Crippen LogP contribution < -0.4 is 5.32 Å². The van der Waals surface area contributed by atoms with Gasteiger partial charge in [0.1, 0.15) is 11.3 Å². The largest absolute Gasteiger partial charge is 0.508 e. The summed E-state index contributed by atoms with van der Waals surface area (Å²) in [5, 5.41) is 23.1. The van der Waals surface area contributed by atoms with Crippen molar-refractivity contribution in [3.63, 3.8) is 0 Å². The molecule has 2 aromatic rings. The molecule has 0 aliphatic carbocycles. The van der Waals surface area contributed by atoms with E-state index in [2.05, 4.69) is 5.32 Å². The minimum Gasteiger partial charge on any atom is -0.508 e. The Morgan fingerprint density at radius 3 is 2.43 bits per heavy atom. The van der Waals surface area contributed by atoms with Crippen molar-refractivity contribution >= 4 is 23.2 Å². The van der Waals surface area contributed by atoms with Crippen LogP contribution in [0.25, 0.3) is 0 Å². The number of nitro groups is 1. The highest BCUT2D eigenvalue weighted by molar-refractivity contribution is 6.23. The molecule has 0 fully saturated rings. The van der Waals surface area contributed by atoms with E-state index in [9.17, 15) is 24.8 Å². The number of hydrogen-bond donors (Lipinski definition) is 2. The first-order chi connectivity index (χ1) is 11.0. The van der Waals surface area contributed by atoms with Gasteiger partial charge in [-0.1, -0.05) is 6.07 Å². The van der Waals surface area contributed by atoms with Gasteiger partial charge in [-0.25, -0.2) is 0 Å². The Balaban J connectivity index is 1.84. The zero-order valence-electron chi connectivity index (χ0n) is 11.7. The maximum atomic E-state index is 12.3. The number of carbonyl (C=O) groups excluding carboxylic acids is 2. The van der Waals surface area contributed by atoms with Gasteiger partial charge in [0.2, 0.25) is 0 Å². The predicted molar refractivity (Wildman–Crippen MR) is 80.2 cm³/mol. The molecule has 1 heterocycles. The lowest BCUT2D eigenvalue weighted by molar-refractivity contribution is -0.385. The first kappa shape index (κ1) is 14.5. The molecule has 1 aliphatic heterocycles. The molecule has 0 radical (unpaired) electrons. The minimum absolute atomic E-state index is 0.0247. The summed E-state index contributed by atoms with van der Waals surface area (Å²) in [4.78, 5) is 35.8. The Labute approximate surface area is 130 Å². The number of phenols is 1. The van der Waals surface area contributed by atoms with Crippen molar-refractivity contribution in [2.24, 2.45) is 0 Å². The highest BCUT2D eigenvalue weighted by Crippen LogP contribution is 2.30. The van der Waals surface area contributed by atoms with Crippen molar-refractivity contribution in [2.45, 2.75) is 0 Å². The molecule has 0 spiro atoms. The Kier molecular flexibility index (Phi) is 3.41. The van der Waals surface area contributed by atoms with Crippen LogP contribution in [0.5, 0.6) is 5.75 Å². The van der Waals surface area contributed by atoms with E-state index in [-0.39, 0.29) is 29.2 Å². The van der Waals surface area contributed by atoms with Gasteiger partial charge in [0.05, 0.1) is 17.2 Å². The number of carbonyl (C=O) groups is 2. The van der Waals surface area contributed by atoms with Crippen LogP contribution in [0.4, 0.5) is 11.4 Å². The highest BCUT2D eigenvalue weighted by atomic mass is 16.6. The molecule has 0 aromatic heterocycles. The summed E-state index contributed by atoms with van der Waals surface area (Å²) in [6.07, 6.45) is 0. The number of fused-ring (bicyclic) bond motifs is 1. The summed E-state index contributed by atoms with van der Waals surface area (Å²) in [6, 6.07) is 10.0. The lowest BCUT2D eigenvalue weighted by Gasteiger charge is -2.15. The van der Waals surface area contributed by atoms with Gasteiger partial charge in [0.15, 0.2) is 0 Å². The fourth-order valence-corrected chi connectivity index (χ4v) is 2.36. The van der Waals surface area contributed by atoms with Gasteiger partial charge < -0.3 is 10.4 Å². The van der Waals surface area contributed by atoms with Gasteiger partial charge >= 0.3 is 0 Å². The molecule has 2 amide bonds.